The Morgan fingerprint density at radius 2 is 2.07 bits per heavy atom. The molecule has 0 radical (unpaired) electrons. The van der Waals surface area contributed by atoms with Gasteiger partial charge in [0.1, 0.15) is 18.0 Å². The predicted octanol–water partition coefficient (Wildman–Crippen LogP) is 5.35. The summed E-state index contributed by atoms with van der Waals surface area (Å²) in [5, 5.41) is 9.46. The Morgan fingerprint density at radius 1 is 1.32 bits per heavy atom. The smallest absolute Gasteiger partial charge is 0.303 e. The molecule has 2 aromatic carbocycles. The van der Waals surface area contributed by atoms with Crippen molar-refractivity contribution in [3.63, 3.8) is 0 Å². The summed E-state index contributed by atoms with van der Waals surface area (Å²) in [5.41, 5.74) is 2.68. The molecule has 0 bridgehead atoms. The van der Waals surface area contributed by atoms with Gasteiger partial charge in [0.25, 0.3) is 0 Å². The Balaban J connectivity index is 1.82. The van der Waals surface area contributed by atoms with E-state index in [9.17, 15) is 9.18 Å². The number of rotatable bonds is 7. The number of aliphatic carboxylic acids is 1. The second kappa shape index (κ2) is 8.00. The molecule has 1 heterocycles. The minimum atomic E-state index is -0.902. The highest BCUT2D eigenvalue weighted by molar-refractivity contribution is 6.30. The fraction of sp³-hybridized carbons (Fsp3) is 0.409. The maximum absolute atomic E-state index is 14.9. The lowest BCUT2D eigenvalue weighted by Crippen LogP contribution is -2.25. The molecule has 0 saturated heterocycles. The van der Waals surface area contributed by atoms with Crippen molar-refractivity contribution in [3.8, 4) is 11.5 Å². The van der Waals surface area contributed by atoms with E-state index in [1.807, 2.05) is 26.8 Å². The zero-order chi connectivity index (χ0) is 20.5. The van der Waals surface area contributed by atoms with Gasteiger partial charge in [-0.1, -0.05) is 24.6 Å². The van der Waals surface area contributed by atoms with Crippen molar-refractivity contribution in [2.45, 2.75) is 58.7 Å². The van der Waals surface area contributed by atoms with Crippen LogP contribution in [-0.2, 0) is 30.7 Å². The van der Waals surface area contributed by atoms with Crippen LogP contribution >= 0.6 is 11.6 Å². The van der Waals surface area contributed by atoms with E-state index < -0.39 is 11.8 Å². The Morgan fingerprint density at radius 3 is 2.75 bits per heavy atom. The minimum absolute atomic E-state index is 0.0333. The summed E-state index contributed by atoms with van der Waals surface area (Å²) in [6, 6.07) is 6.97. The van der Waals surface area contributed by atoms with Gasteiger partial charge >= 0.3 is 5.97 Å². The van der Waals surface area contributed by atoms with Crippen LogP contribution in [0.3, 0.4) is 0 Å². The van der Waals surface area contributed by atoms with E-state index >= 15 is 0 Å². The highest BCUT2D eigenvalue weighted by Crippen LogP contribution is 2.40. The number of carboxylic acids is 1. The van der Waals surface area contributed by atoms with Crippen LogP contribution in [0.2, 0.25) is 5.02 Å². The summed E-state index contributed by atoms with van der Waals surface area (Å²) in [7, 11) is 0. The van der Waals surface area contributed by atoms with Gasteiger partial charge in [-0.2, -0.15) is 0 Å². The SMILES string of the molecule is CCc1c(CCC(=O)O)ccc(OCc2cc(Cl)cc3c2OC(C)(C)C3)c1F. The van der Waals surface area contributed by atoms with Gasteiger partial charge in [0.15, 0.2) is 11.6 Å². The monoisotopic (exact) mass is 406 g/mol. The highest BCUT2D eigenvalue weighted by Gasteiger charge is 2.32. The number of carbonyl (C=O) groups is 1. The first-order valence-electron chi connectivity index (χ1n) is 9.35. The molecule has 150 valence electrons. The number of ether oxygens (including phenoxy) is 2. The van der Waals surface area contributed by atoms with Gasteiger partial charge in [-0.05, 0) is 61.6 Å². The summed E-state index contributed by atoms with van der Waals surface area (Å²) in [6.07, 6.45) is 1.47. The van der Waals surface area contributed by atoms with E-state index in [-0.39, 0.29) is 24.4 Å². The van der Waals surface area contributed by atoms with Crippen molar-refractivity contribution >= 4 is 17.6 Å². The Bertz CT molecular complexity index is 908. The Hall–Kier alpha value is -2.27. The molecule has 0 fully saturated rings. The van der Waals surface area contributed by atoms with Crippen LogP contribution in [0, 0.1) is 5.82 Å². The molecule has 0 atom stereocenters. The molecule has 3 rings (SSSR count). The van der Waals surface area contributed by atoms with Gasteiger partial charge in [-0.3, -0.25) is 4.79 Å². The molecule has 1 N–H and O–H groups in total. The normalized spacial score (nSPS) is 14.5. The van der Waals surface area contributed by atoms with Crippen molar-refractivity contribution in [1.82, 2.24) is 0 Å². The second-order valence-electron chi connectivity index (χ2n) is 7.64. The first-order valence-corrected chi connectivity index (χ1v) is 9.73. The zero-order valence-corrected chi connectivity index (χ0v) is 17.0. The molecule has 1 aliphatic heterocycles. The summed E-state index contributed by atoms with van der Waals surface area (Å²) in [6.45, 7) is 5.99. The number of aryl methyl sites for hydroxylation is 1. The summed E-state index contributed by atoms with van der Waals surface area (Å²) in [4.78, 5) is 10.8. The maximum Gasteiger partial charge on any atom is 0.303 e. The van der Waals surface area contributed by atoms with E-state index in [2.05, 4.69) is 0 Å². The summed E-state index contributed by atoms with van der Waals surface area (Å²) in [5.74, 6) is -0.448. The van der Waals surface area contributed by atoms with E-state index in [4.69, 9.17) is 26.2 Å². The molecular weight excluding hydrogens is 383 g/mol. The molecule has 1 aliphatic rings. The maximum atomic E-state index is 14.9. The van der Waals surface area contributed by atoms with Gasteiger partial charge in [-0.25, -0.2) is 4.39 Å². The van der Waals surface area contributed by atoms with E-state index in [0.717, 1.165) is 23.3 Å². The number of benzene rings is 2. The van der Waals surface area contributed by atoms with Crippen LogP contribution in [0.1, 0.15) is 49.4 Å². The molecule has 0 aliphatic carbocycles. The fourth-order valence-electron chi connectivity index (χ4n) is 3.62. The lowest BCUT2D eigenvalue weighted by atomic mass is 9.99. The van der Waals surface area contributed by atoms with Crippen molar-refractivity contribution in [2.75, 3.05) is 0 Å². The Kier molecular flexibility index (Phi) is 5.84. The number of hydrogen-bond donors (Lipinski definition) is 1. The van der Waals surface area contributed by atoms with Gasteiger partial charge in [0, 0.05) is 23.4 Å². The van der Waals surface area contributed by atoms with Crippen LogP contribution in [0.5, 0.6) is 11.5 Å². The van der Waals surface area contributed by atoms with Crippen LogP contribution in [0.25, 0.3) is 0 Å². The van der Waals surface area contributed by atoms with Crippen molar-refractivity contribution in [1.29, 1.82) is 0 Å². The second-order valence-corrected chi connectivity index (χ2v) is 8.08. The number of carboxylic acid groups (broad SMARTS) is 1. The average Bonchev–Trinajstić information content (AvgIpc) is 2.92. The average molecular weight is 407 g/mol. The van der Waals surface area contributed by atoms with Crippen LogP contribution in [-0.4, -0.2) is 16.7 Å². The van der Waals surface area contributed by atoms with E-state index in [0.29, 0.717) is 29.0 Å². The van der Waals surface area contributed by atoms with E-state index in [1.54, 1.807) is 18.2 Å². The van der Waals surface area contributed by atoms with Crippen molar-refractivity contribution in [3.05, 3.63) is 57.4 Å². The highest BCUT2D eigenvalue weighted by atomic mass is 35.5. The quantitative estimate of drug-likeness (QED) is 0.673. The zero-order valence-electron chi connectivity index (χ0n) is 16.3. The van der Waals surface area contributed by atoms with Crippen LogP contribution in [0.15, 0.2) is 24.3 Å². The first kappa shape index (κ1) is 20.5. The summed E-state index contributed by atoms with van der Waals surface area (Å²) < 4.78 is 26.7. The summed E-state index contributed by atoms with van der Waals surface area (Å²) >= 11 is 6.23. The molecule has 6 heteroatoms. The third-order valence-electron chi connectivity index (χ3n) is 4.85. The van der Waals surface area contributed by atoms with Gasteiger partial charge in [0.05, 0.1) is 0 Å². The van der Waals surface area contributed by atoms with E-state index in [1.165, 1.54) is 0 Å². The molecule has 0 saturated carbocycles. The van der Waals surface area contributed by atoms with Crippen LogP contribution in [0.4, 0.5) is 4.39 Å². The molecule has 0 spiro atoms. The van der Waals surface area contributed by atoms with Crippen molar-refractivity contribution in [2.24, 2.45) is 0 Å². The molecule has 0 amide bonds. The largest absolute Gasteiger partial charge is 0.487 e. The standard InChI is InChI=1S/C22H24ClFO4/c1-4-17-13(6-8-19(25)26)5-7-18(20(17)24)27-12-15-10-16(23)9-14-11-22(2,3)28-21(14)15/h5,7,9-10H,4,6,8,11-12H2,1-3H3,(H,25,26). The number of hydrogen-bond acceptors (Lipinski definition) is 3. The molecule has 2 aromatic rings. The lowest BCUT2D eigenvalue weighted by Gasteiger charge is -2.19. The van der Waals surface area contributed by atoms with Crippen LogP contribution < -0.4 is 9.47 Å². The molecule has 28 heavy (non-hydrogen) atoms. The molecular formula is C22H24ClFO4. The third-order valence-corrected chi connectivity index (χ3v) is 5.07. The van der Waals surface area contributed by atoms with Gasteiger partial charge < -0.3 is 14.6 Å². The predicted molar refractivity (Wildman–Crippen MR) is 106 cm³/mol. The molecule has 0 aromatic heterocycles. The number of halogens is 2. The molecule has 0 unspecified atom stereocenters. The van der Waals surface area contributed by atoms with Gasteiger partial charge in [0.2, 0.25) is 0 Å². The Labute approximate surface area is 169 Å². The number of fused-ring (bicyclic) bond motifs is 1. The minimum Gasteiger partial charge on any atom is -0.487 e. The van der Waals surface area contributed by atoms with Crippen molar-refractivity contribution < 1.29 is 23.8 Å². The first-order chi connectivity index (χ1) is 13.2. The van der Waals surface area contributed by atoms with Gasteiger partial charge in [-0.15, -0.1) is 0 Å². The lowest BCUT2D eigenvalue weighted by molar-refractivity contribution is -0.136. The third kappa shape index (κ3) is 4.41. The fourth-order valence-corrected chi connectivity index (χ4v) is 3.88. The topological polar surface area (TPSA) is 55.8 Å². The molecule has 4 nitrogen and oxygen atoms in total.